The first-order chi connectivity index (χ1) is 17.7. The second-order valence-corrected chi connectivity index (χ2v) is 9.21. The summed E-state index contributed by atoms with van der Waals surface area (Å²) < 4.78 is 5.56. The van der Waals surface area contributed by atoms with Crippen molar-refractivity contribution in [3.8, 4) is 22.4 Å². The van der Waals surface area contributed by atoms with E-state index in [0.717, 1.165) is 27.8 Å². The highest BCUT2D eigenvalue weighted by Crippen LogP contribution is 2.33. The number of nitrogen functional groups attached to an aromatic ring is 1. The fourth-order valence-electron chi connectivity index (χ4n) is 4.19. The zero-order valence-corrected chi connectivity index (χ0v) is 21.1. The van der Waals surface area contributed by atoms with Crippen LogP contribution in [0.5, 0.6) is 0 Å². The molecule has 1 unspecified atom stereocenters. The van der Waals surface area contributed by atoms with Gasteiger partial charge in [-0.25, -0.2) is 15.0 Å². The van der Waals surface area contributed by atoms with Crippen molar-refractivity contribution in [2.24, 2.45) is 0 Å². The van der Waals surface area contributed by atoms with Crippen molar-refractivity contribution < 1.29 is 9.34 Å². The molecule has 0 fully saturated rings. The molecule has 1 atom stereocenters. The number of hydrogen-bond donors (Lipinski definition) is 2. The molecule has 3 aromatic heterocycles. The minimum atomic E-state index is -0.423. The van der Waals surface area contributed by atoms with Gasteiger partial charge in [0, 0.05) is 40.9 Å². The molecule has 5 aromatic rings. The van der Waals surface area contributed by atoms with Gasteiger partial charge in [0.05, 0.1) is 28.6 Å². The number of aryl methyl sites for hydroxylation is 2. The number of hydrogen-bond acceptors (Lipinski definition) is 8. The van der Waals surface area contributed by atoms with E-state index in [-0.39, 0.29) is 16.9 Å². The summed E-state index contributed by atoms with van der Waals surface area (Å²) in [4.78, 5) is 24.5. The molecule has 3 N–H and O–H groups in total. The van der Waals surface area contributed by atoms with Gasteiger partial charge in [-0.3, -0.25) is 10.1 Å². The summed E-state index contributed by atoms with van der Waals surface area (Å²) >= 11 is 5.95. The molecule has 0 bridgehead atoms. The van der Waals surface area contributed by atoms with Crippen LogP contribution in [0.4, 0.5) is 17.2 Å². The lowest BCUT2D eigenvalue weighted by Crippen LogP contribution is -2.10. The highest BCUT2D eigenvalue weighted by atomic mass is 35.5. The van der Waals surface area contributed by atoms with Crippen molar-refractivity contribution in [3.05, 3.63) is 93.2 Å². The molecule has 0 aliphatic heterocycles. The third-order valence-corrected chi connectivity index (χ3v) is 6.43. The van der Waals surface area contributed by atoms with E-state index < -0.39 is 4.92 Å². The Morgan fingerprint density at radius 2 is 1.86 bits per heavy atom. The van der Waals surface area contributed by atoms with Gasteiger partial charge < -0.3 is 15.5 Å². The number of anilines is 2. The maximum Gasteiger partial charge on any atom is 0.270 e. The van der Waals surface area contributed by atoms with Crippen molar-refractivity contribution in [1.82, 2.24) is 15.0 Å². The molecule has 0 radical (unpaired) electrons. The van der Waals surface area contributed by atoms with Crippen LogP contribution in [0, 0.1) is 24.0 Å². The van der Waals surface area contributed by atoms with Gasteiger partial charge in [-0.15, -0.1) is 0 Å². The van der Waals surface area contributed by atoms with Crippen molar-refractivity contribution >= 4 is 39.8 Å². The molecule has 2 aromatic carbocycles. The number of aromatic nitrogens is 3. The van der Waals surface area contributed by atoms with E-state index in [1.807, 2.05) is 51.1 Å². The number of furan rings is 1. The van der Waals surface area contributed by atoms with Crippen LogP contribution in [0.2, 0.25) is 5.15 Å². The molecule has 0 amide bonds. The van der Waals surface area contributed by atoms with Crippen LogP contribution in [-0.4, -0.2) is 19.9 Å². The van der Waals surface area contributed by atoms with E-state index in [2.05, 4.69) is 20.3 Å². The summed E-state index contributed by atoms with van der Waals surface area (Å²) in [5.41, 5.74) is 11.7. The van der Waals surface area contributed by atoms with E-state index in [1.165, 1.54) is 12.3 Å². The van der Waals surface area contributed by atoms with Gasteiger partial charge in [-0.1, -0.05) is 11.6 Å². The van der Waals surface area contributed by atoms with Crippen molar-refractivity contribution in [2.75, 3.05) is 11.1 Å². The van der Waals surface area contributed by atoms with Crippen LogP contribution in [0.15, 0.2) is 65.4 Å². The Labute approximate surface area is 217 Å². The van der Waals surface area contributed by atoms with Crippen LogP contribution in [0.1, 0.15) is 29.9 Å². The molecule has 0 aliphatic rings. The van der Waals surface area contributed by atoms with Crippen LogP contribution in [0.25, 0.3) is 33.4 Å². The molecule has 37 heavy (non-hydrogen) atoms. The van der Waals surface area contributed by atoms with E-state index in [4.69, 9.17) is 21.8 Å². The van der Waals surface area contributed by atoms with E-state index in [1.54, 1.807) is 18.4 Å². The number of pyridine rings is 1. The van der Waals surface area contributed by atoms with Gasteiger partial charge in [-0.05, 0) is 67.8 Å². The number of halogens is 1. The average Bonchev–Trinajstić information content (AvgIpc) is 3.25. The van der Waals surface area contributed by atoms with Gasteiger partial charge in [-0.2, -0.15) is 0 Å². The monoisotopic (exact) mass is 514 g/mol. The highest BCUT2D eigenvalue weighted by molar-refractivity contribution is 6.31. The zero-order valence-electron chi connectivity index (χ0n) is 20.3. The number of benzene rings is 2. The first kappa shape index (κ1) is 24.2. The molecule has 5 rings (SSSR count). The summed E-state index contributed by atoms with van der Waals surface area (Å²) in [6.45, 7) is 5.73. The first-order valence-corrected chi connectivity index (χ1v) is 11.9. The number of nitrogens with two attached hydrogens (primary N) is 1. The van der Waals surface area contributed by atoms with Gasteiger partial charge in [0.2, 0.25) is 0 Å². The second kappa shape index (κ2) is 9.51. The molecular formula is C27H23ClN6O3. The number of non-ortho nitro benzene ring substituents is 1. The lowest BCUT2D eigenvalue weighted by Gasteiger charge is -2.17. The number of nitrogens with zero attached hydrogens (tertiary/aromatic N) is 4. The summed E-state index contributed by atoms with van der Waals surface area (Å²) in [5.74, 6) is 1.20. The SMILES string of the molecule is Cc1nc(NC(C)c2cc(-c3cnc(Cl)c(N)c3)cc([N+](=O)[O-])c2)cc(-c2ccc3occ(C)c3c2)n1. The summed E-state index contributed by atoms with van der Waals surface area (Å²) in [6, 6.07) is 14.0. The number of nitrogens with one attached hydrogen (secondary N) is 1. The maximum atomic E-state index is 11.7. The molecule has 0 spiro atoms. The van der Waals surface area contributed by atoms with Crippen molar-refractivity contribution in [2.45, 2.75) is 26.8 Å². The largest absolute Gasteiger partial charge is 0.464 e. The Balaban J connectivity index is 1.49. The quantitative estimate of drug-likeness (QED) is 0.142. The highest BCUT2D eigenvalue weighted by Gasteiger charge is 2.17. The van der Waals surface area contributed by atoms with Crippen LogP contribution < -0.4 is 11.1 Å². The van der Waals surface area contributed by atoms with Crippen molar-refractivity contribution in [3.63, 3.8) is 0 Å². The Hall–Kier alpha value is -4.50. The summed E-state index contributed by atoms with van der Waals surface area (Å²) in [6.07, 6.45) is 3.27. The Morgan fingerprint density at radius 3 is 2.62 bits per heavy atom. The fraction of sp³-hybridized carbons (Fsp3) is 0.148. The number of nitro groups is 1. The fourth-order valence-corrected chi connectivity index (χ4v) is 4.29. The number of rotatable bonds is 6. The van der Waals surface area contributed by atoms with Gasteiger partial charge in [0.1, 0.15) is 17.2 Å². The smallest absolute Gasteiger partial charge is 0.270 e. The average molecular weight is 515 g/mol. The Morgan fingerprint density at radius 1 is 1.05 bits per heavy atom. The molecular weight excluding hydrogens is 492 g/mol. The van der Waals surface area contributed by atoms with Gasteiger partial charge in [0.25, 0.3) is 5.69 Å². The third kappa shape index (κ3) is 4.94. The predicted octanol–water partition coefficient (Wildman–Crippen LogP) is 6.89. The first-order valence-electron chi connectivity index (χ1n) is 11.5. The van der Waals surface area contributed by atoms with E-state index >= 15 is 0 Å². The molecule has 186 valence electrons. The topological polar surface area (TPSA) is 133 Å². The molecule has 0 saturated heterocycles. The summed E-state index contributed by atoms with van der Waals surface area (Å²) in [5, 5.41) is 16.3. The molecule has 0 saturated carbocycles. The normalized spacial score (nSPS) is 12.0. The standard InChI is InChI=1S/C27H23ClN6O3/c1-14-13-37-25-5-4-17(9-22(14)25)24-11-26(33-16(3)32-24)31-15(2)18-6-19(8-21(7-18)34(35)36)20-10-23(29)27(28)30-12-20/h4-13,15H,29H2,1-3H3,(H,31,32,33). The Bertz CT molecular complexity index is 1670. The molecule has 0 aliphatic carbocycles. The minimum absolute atomic E-state index is 0.0435. The van der Waals surface area contributed by atoms with Gasteiger partial charge in [0.15, 0.2) is 5.15 Å². The molecule has 10 heteroatoms. The van der Waals surface area contributed by atoms with Crippen LogP contribution in [-0.2, 0) is 0 Å². The zero-order chi connectivity index (χ0) is 26.3. The lowest BCUT2D eigenvalue weighted by molar-refractivity contribution is -0.384. The van der Waals surface area contributed by atoms with E-state index in [9.17, 15) is 10.1 Å². The lowest BCUT2D eigenvalue weighted by atomic mass is 9.99. The van der Waals surface area contributed by atoms with Crippen LogP contribution >= 0.6 is 11.6 Å². The second-order valence-electron chi connectivity index (χ2n) is 8.86. The minimum Gasteiger partial charge on any atom is -0.464 e. The summed E-state index contributed by atoms with van der Waals surface area (Å²) in [7, 11) is 0. The van der Waals surface area contributed by atoms with Crippen LogP contribution in [0.3, 0.4) is 0 Å². The Kier molecular flexibility index (Phi) is 6.22. The van der Waals surface area contributed by atoms with Crippen molar-refractivity contribution in [1.29, 1.82) is 0 Å². The number of fused-ring (bicyclic) bond motifs is 1. The molecule has 3 heterocycles. The predicted molar refractivity (Wildman–Crippen MR) is 145 cm³/mol. The van der Waals surface area contributed by atoms with E-state index in [0.29, 0.717) is 34.0 Å². The number of nitro benzene ring substituents is 1. The molecule has 9 nitrogen and oxygen atoms in total. The van der Waals surface area contributed by atoms with Gasteiger partial charge >= 0.3 is 0 Å². The maximum absolute atomic E-state index is 11.7. The third-order valence-electron chi connectivity index (χ3n) is 6.12.